The van der Waals surface area contributed by atoms with Gasteiger partial charge in [0, 0.05) is 25.4 Å². The van der Waals surface area contributed by atoms with E-state index in [9.17, 15) is 9.32 Å². The third kappa shape index (κ3) is 5.20. The van der Waals surface area contributed by atoms with Crippen LogP contribution in [0.2, 0.25) is 5.02 Å². The van der Waals surface area contributed by atoms with Crippen molar-refractivity contribution in [3.63, 3.8) is 0 Å². The van der Waals surface area contributed by atoms with Crippen molar-refractivity contribution in [2.75, 3.05) is 33.1 Å². The first-order valence-corrected chi connectivity index (χ1v) is 15.3. The van der Waals surface area contributed by atoms with Gasteiger partial charge in [-0.15, -0.1) is 0 Å². The van der Waals surface area contributed by atoms with E-state index in [4.69, 9.17) is 25.8 Å². The number of rotatable bonds is 7. The molecule has 0 spiro atoms. The molecule has 0 amide bonds. The first kappa shape index (κ1) is 27.1. The van der Waals surface area contributed by atoms with Crippen LogP contribution in [-0.2, 0) is 19.4 Å². The lowest BCUT2D eigenvalue weighted by Gasteiger charge is -2.15. The van der Waals surface area contributed by atoms with Crippen LogP contribution in [-0.4, -0.2) is 86.1 Å². The van der Waals surface area contributed by atoms with Gasteiger partial charge in [0.25, 0.3) is 6.01 Å². The second-order valence-electron chi connectivity index (χ2n) is 9.97. The Morgan fingerprint density at radius 3 is 2.42 bits per heavy atom. The minimum atomic E-state index is -2.45. The second kappa shape index (κ2) is 10.7. The van der Waals surface area contributed by atoms with Crippen molar-refractivity contribution in [2.24, 2.45) is 4.36 Å². The molecular formula is C28H30ClN5O5S. The molecule has 0 radical (unpaired) electrons. The van der Waals surface area contributed by atoms with Crippen molar-refractivity contribution >= 4 is 38.4 Å². The molecule has 0 saturated carbocycles. The lowest BCUT2D eigenvalue weighted by atomic mass is 10.0. The number of nitrogens with zero attached hydrogens (tertiary/aromatic N) is 4. The van der Waals surface area contributed by atoms with E-state index in [-0.39, 0.29) is 24.9 Å². The molecule has 5 atom stereocenters. The largest absolute Gasteiger partial charge is 0.456 e. The van der Waals surface area contributed by atoms with Gasteiger partial charge in [-0.2, -0.15) is 9.35 Å². The van der Waals surface area contributed by atoms with Gasteiger partial charge < -0.3 is 24.3 Å². The van der Waals surface area contributed by atoms with Crippen LogP contribution in [0.4, 0.5) is 5.69 Å². The normalized spacial score (nSPS) is 23.9. The number of fused-ring (bicyclic) bond motifs is 2. The molecule has 2 N–H and O–H groups in total. The summed E-state index contributed by atoms with van der Waals surface area (Å²) in [5.41, 5.74) is 5.28. The number of halogens is 1. The summed E-state index contributed by atoms with van der Waals surface area (Å²) >= 11 is 6.61. The summed E-state index contributed by atoms with van der Waals surface area (Å²) < 4.78 is 36.2. The van der Waals surface area contributed by atoms with Gasteiger partial charge in [0.1, 0.15) is 28.2 Å². The Morgan fingerprint density at radius 2 is 1.73 bits per heavy atom. The maximum atomic E-state index is 12.8. The van der Waals surface area contributed by atoms with Crippen LogP contribution in [0, 0.1) is 0 Å². The third-order valence-corrected chi connectivity index (χ3v) is 9.56. The minimum Gasteiger partial charge on any atom is -0.456 e. The minimum absolute atomic E-state index is 0.231. The molecule has 2 aromatic heterocycles. The van der Waals surface area contributed by atoms with Crippen LogP contribution in [0.15, 0.2) is 59.0 Å². The molecule has 4 aromatic rings. The maximum Gasteiger partial charge on any atom is 0.296 e. The van der Waals surface area contributed by atoms with Gasteiger partial charge in [-0.25, -0.2) is 13.5 Å². The Kier molecular flexibility index (Phi) is 7.28. The van der Waals surface area contributed by atoms with E-state index in [0.717, 1.165) is 16.7 Å². The van der Waals surface area contributed by atoms with E-state index < -0.39 is 16.0 Å². The molecule has 2 fully saturated rings. The predicted octanol–water partition coefficient (Wildman–Crippen LogP) is 4.45. The Balaban J connectivity index is 1.20. The summed E-state index contributed by atoms with van der Waals surface area (Å²) in [6.45, 7) is 3.14. The number of aliphatic hydroxyl groups excluding tert-OH is 1. The lowest BCUT2D eigenvalue weighted by molar-refractivity contribution is 0.00706. The molecule has 1 unspecified atom stereocenters. The fraction of sp³-hybridized carbons (Fsp3) is 0.357. The molecule has 0 aliphatic carbocycles. The van der Waals surface area contributed by atoms with Gasteiger partial charge in [0.2, 0.25) is 0 Å². The number of aromatic nitrogens is 3. The molecule has 6 rings (SSSR count). The number of imidazole rings is 1. The van der Waals surface area contributed by atoms with E-state index in [0.29, 0.717) is 46.7 Å². The predicted molar refractivity (Wildman–Crippen MR) is 154 cm³/mol. The lowest BCUT2D eigenvalue weighted by Crippen LogP contribution is -2.34. The Hall–Kier alpha value is -3.06. The summed E-state index contributed by atoms with van der Waals surface area (Å²) in [7, 11) is -0.651. The van der Waals surface area contributed by atoms with E-state index in [1.807, 2.05) is 55.5 Å². The average Bonchev–Trinajstić information content (AvgIpc) is 3.64. The number of aliphatic hydroxyl groups is 1. The van der Waals surface area contributed by atoms with Gasteiger partial charge in [-0.3, -0.25) is 0 Å². The fourth-order valence-electron chi connectivity index (χ4n) is 4.88. The van der Waals surface area contributed by atoms with Crippen LogP contribution in [0.1, 0.15) is 6.92 Å². The van der Waals surface area contributed by atoms with Crippen molar-refractivity contribution in [1.29, 1.82) is 0 Å². The Labute approximate surface area is 237 Å². The van der Waals surface area contributed by atoms with Crippen LogP contribution >= 0.6 is 11.6 Å². The summed E-state index contributed by atoms with van der Waals surface area (Å²) in [6.07, 6.45) is -0.0989. The van der Waals surface area contributed by atoms with Crippen molar-refractivity contribution in [3.05, 3.63) is 59.6 Å². The summed E-state index contributed by atoms with van der Waals surface area (Å²) in [5.74, 6) is 0. The quantitative estimate of drug-likeness (QED) is 0.330. The zero-order valence-electron chi connectivity index (χ0n) is 22.3. The molecule has 2 aromatic carbocycles. The topological polar surface area (TPSA) is 122 Å². The average molecular weight is 584 g/mol. The van der Waals surface area contributed by atoms with Gasteiger partial charge in [-0.05, 0) is 29.3 Å². The maximum absolute atomic E-state index is 12.8. The van der Waals surface area contributed by atoms with Crippen LogP contribution < -0.4 is 4.74 Å². The summed E-state index contributed by atoms with van der Waals surface area (Å²) in [4.78, 5) is 12.3. The van der Waals surface area contributed by atoms with Crippen molar-refractivity contribution in [1.82, 2.24) is 19.3 Å². The van der Waals surface area contributed by atoms with Crippen molar-refractivity contribution in [2.45, 2.75) is 31.3 Å². The highest BCUT2D eigenvalue weighted by Gasteiger charge is 2.48. The van der Waals surface area contributed by atoms with Crippen LogP contribution in [0.25, 0.3) is 33.5 Å². The second-order valence-corrected chi connectivity index (χ2v) is 12.7. The molecule has 10 nitrogen and oxygen atoms in total. The number of H-pyrrole nitrogens is 1. The molecule has 210 valence electrons. The molecular weight excluding hydrogens is 554 g/mol. The highest BCUT2D eigenvalue weighted by atomic mass is 35.5. The zero-order chi connectivity index (χ0) is 28.0. The van der Waals surface area contributed by atoms with E-state index in [1.54, 1.807) is 23.7 Å². The highest BCUT2D eigenvalue weighted by Crippen LogP contribution is 2.33. The highest BCUT2D eigenvalue weighted by molar-refractivity contribution is 7.90. The van der Waals surface area contributed by atoms with E-state index >= 15 is 0 Å². The van der Waals surface area contributed by atoms with Crippen LogP contribution in [0.3, 0.4) is 0 Å². The number of pyridine rings is 1. The number of hydrogen-bond donors (Lipinski definition) is 2. The van der Waals surface area contributed by atoms with Crippen LogP contribution in [0.5, 0.6) is 6.01 Å². The number of aromatic amines is 1. The van der Waals surface area contributed by atoms with Gasteiger partial charge in [0.05, 0.1) is 35.1 Å². The number of benzene rings is 2. The molecule has 4 heterocycles. The zero-order valence-corrected chi connectivity index (χ0v) is 23.9. The first-order chi connectivity index (χ1) is 19.2. The third-order valence-electron chi connectivity index (χ3n) is 7.31. The standard InChI is InChI=1S/C28H30ClN5O5S/c1-4-34(2)40(3,36)33-19-11-9-17(10-12-19)16-5-7-18(8-6-16)24-20(29)13-21-27(31-24)32-28(30-21)39-23-15-38-25-22(35)14-37-26(23)25/h5-13,22-23,25-26,35H,4,14-15H2,1-3H3,(H,30,31,32)/t22-,23-,25-,26-,40?/m1/s1. The molecule has 2 saturated heterocycles. The smallest absolute Gasteiger partial charge is 0.296 e. The van der Waals surface area contributed by atoms with E-state index in [2.05, 4.69) is 19.3 Å². The SMILES string of the molecule is CCN(C)S(C)(=O)=Nc1ccc(-c2ccc(-c3nc4nc(O[C@@H]5CO[C@H]6[C@@H]5OC[C@H]6O)[nH]c4cc3Cl)cc2)cc1. The summed E-state index contributed by atoms with van der Waals surface area (Å²) in [5, 5.41) is 10.4. The first-order valence-electron chi connectivity index (χ1n) is 13.0. The van der Waals surface area contributed by atoms with Crippen molar-refractivity contribution in [3.8, 4) is 28.4 Å². The molecule has 0 bridgehead atoms. The monoisotopic (exact) mass is 583 g/mol. The fourth-order valence-corrected chi connectivity index (χ4v) is 6.27. The summed E-state index contributed by atoms with van der Waals surface area (Å²) in [6, 6.07) is 17.7. The Morgan fingerprint density at radius 1 is 1.07 bits per heavy atom. The van der Waals surface area contributed by atoms with Crippen molar-refractivity contribution < 1.29 is 23.5 Å². The molecule has 12 heteroatoms. The molecule has 2 aliphatic heterocycles. The molecule has 2 aliphatic rings. The Bertz CT molecular complexity index is 1650. The number of ether oxygens (including phenoxy) is 3. The molecule has 40 heavy (non-hydrogen) atoms. The van der Waals surface area contributed by atoms with Gasteiger partial charge in [-0.1, -0.05) is 54.9 Å². The van der Waals surface area contributed by atoms with Gasteiger partial charge in [0.15, 0.2) is 11.8 Å². The van der Waals surface area contributed by atoms with E-state index in [1.165, 1.54) is 0 Å². The number of nitrogens with one attached hydrogen (secondary N) is 1. The number of hydrogen-bond acceptors (Lipinski definition) is 8. The van der Waals surface area contributed by atoms with Gasteiger partial charge >= 0.3 is 0 Å².